The maximum Gasteiger partial charge on any atom is 0.263 e. The van der Waals surface area contributed by atoms with Crippen molar-refractivity contribution in [1.29, 1.82) is 0 Å². The Morgan fingerprint density at radius 2 is 1.91 bits per heavy atom. The molecule has 0 aliphatic carbocycles. The molecule has 22 heavy (non-hydrogen) atoms. The third kappa shape index (κ3) is 3.97. The highest BCUT2D eigenvalue weighted by atomic mass is 16.5. The number of hydrogen-bond acceptors (Lipinski definition) is 4. The molecule has 2 aromatic rings. The van der Waals surface area contributed by atoms with Gasteiger partial charge in [0.25, 0.3) is 5.91 Å². The van der Waals surface area contributed by atoms with Gasteiger partial charge in [-0.25, -0.2) is 4.98 Å². The minimum Gasteiger partial charge on any atom is -0.490 e. The minimum atomic E-state index is -0.277. The SMILES string of the molecule is CCOc1cccnc1NC(=O)COc1cccc(C)c1C. The van der Waals surface area contributed by atoms with E-state index < -0.39 is 0 Å². The number of nitrogens with zero attached hydrogens (tertiary/aromatic N) is 1. The third-order valence-corrected chi connectivity index (χ3v) is 3.24. The monoisotopic (exact) mass is 300 g/mol. The molecule has 0 atom stereocenters. The van der Waals surface area contributed by atoms with Gasteiger partial charge >= 0.3 is 0 Å². The number of ether oxygens (including phenoxy) is 2. The molecule has 0 saturated carbocycles. The normalized spacial score (nSPS) is 10.1. The molecule has 0 radical (unpaired) electrons. The number of benzene rings is 1. The largest absolute Gasteiger partial charge is 0.490 e. The fraction of sp³-hybridized carbons (Fsp3) is 0.294. The Bertz CT molecular complexity index is 656. The van der Waals surface area contributed by atoms with Crippen molar-refractivity contribution >= 4 is 11.7 Å². The number of rotatable bonds is 6. The van der Waals surface area contributed by atoms with Crippen LogP contribution < -0.4 is 14.8 Å². The van der Waals surface area contributed by atoms with Crippen LogP contribution in [0.2, 0.25) is 0 Å². The zero-order valence-electron chi connectivity index (χ0n) is 13.1. The lowest BCUT2D eigenvalue weighted by Crippen LogP contribution is -2.21. The maximum absolute atomic E-state index is 12.0. The van der Waals surface area contributed by atoms with Crippen molar-refractivity contribution in [2.45, 2.75) is 20.8 Å². The van der Waals surface area contributed by atoms with Crippen LogP contribution in [-0.4, -0.2) is 24.1 Å². The summed E-state index contributed by atoms with van der Waals surface area (Å²) in [5.41, 5.74) is 2.16. The van der Waals surface area contributed by atoms with Gasteiger partial charge in [0.05, 0.1) is 6.61 Å². The Morgan fingerprint density at radius 1 is 1.14 bits per heavy atom. The van der Waals surface area contributed by atoms with Crippen molar-refractivity contribution in [2.75, 3.05) is 18.5 Å². The number of anilines is 1. The van der Waals surface area contributed by atoms with Crippen LogP contribution >= 0.6 is 0 Å². The molecule has 5 heteroatoms. The summed E-state index contributed by atoms with van der Waals surface area (Å²) in [6.07, 6.45) is 1.60. The number of nitrogens with one attached hydrogen (secondary N) is 1. The van der Waals surface area contributed by atoms with Gasteiger partial charge in [-0.2, -0.15) is 0 Å². The molecular weight excluding hydrogens is 280 g/mol. The molecule has 1 amide bonds. The first-order chi connectivity index (χ1) is 10.6. The van der Waals surface area contributed by atoms with Crippen LogP contribution in [0.5, 0.6) is 11.5 Å². The summed E-state index contributed by atoms with van der Waals surface area (Å²) in [6, 6.07) is 9.28. The Kier molecular flexibility index (Phi) is 5.36. The quantitative estimate of drug-likeness (QED) is 0.890. The van der Waals surface area contributed by atoms with E-state index in [2.05, 4.69) is 10.3 Å². The van der Waals surface area contributed by atoms with Crippen molar-refractivity contribution in [2.24, 2.45) is 0 Å². The van der Waals surface area contributed by atoms with Crippen LogP contribution in [0.25, 0.3) is 0 Å². The van der Waals surface area contributed by atoms with Gasteiger partial charge in [0.1, 0.15) is 5.75 Å². The number of carbonyl (C=O) groups is 1. The van der Waals surface area contributed by atoms with Crippen molar-refractivity contribution < 1.29 is 14.3 Å². The second-order valence-electron chi connectivity index (χ2n) is 4.82. The lowest BCUT2D eigenvalue weighted by atomic mass is 10.1. The molecule has 0 aliphatic heterocycles. The second-order valence-corrected chi connectivity index (χ2v) is 4.82. The molecular formula is C17H20N2O3. The number of pyridine rings is 1. The maximum atomic E-state index is 12.0. The highest BCUT2D eigenvalue weighted by molar-refractivity contribution is 5.92. The third-order valence-electron chi connectivity index (χ3n) is 3.24. The number of aryl methyl sites for hydroxylation is 1. The summed E-state index contributed by atoms with van der Waals surface area (Å²) in [7, 11) is 0. The summed E-state index contributed by atoms with van der Waals surface area (Å²) >= 11 is 0. The van der Waals surface area contributed by atoms with Crippen molar-refractivity contribution in [3.05, 3.63) is 47.7 Å². The first-order valence-corrected chi connectivity index (χ1v) is 7.18. The summed E-state index contributed by atoms with van der Waals surface area (Å²) < 4.78 is 11.0. The second kappa shape index (κ2) is 7.45. The highest BCUT2D eigenvalue weighted by Gasteiger charge is 2.10. The summed E-state index contributed by atoms with van der Waals surface area (Å²) in [5.74, 6) is 1.38. The number of amides is 1. The summed E-state index contributed by atoms with van der Waals surface area (Å²) in [6.45, 7) is 6.28. The zero-order valence-corrected chi connectivity index (χ0v) is 13.1. The predicted molar refractivity (Wildman–Crippen MR) is 85.4 cm³/mol. The van der Waals surface area contributed by atoms with Gasteiger partial charge in [-0.3, -0.25) is 4.79 Å². The first-order valence-electron chi connectivity index (χ1n) is 7.18. The molecule has 5 nitrogen and oxygen atoms in total. The van der Waals surface area contributed by atoms with E-state index in [4.69, 9.17) is 9.47 Å². The van der Waals surface area contributed by atoms with E-state index in [9.17, 15) is 4.79 Å². The van der Waals surface area contributed by atoms with Crippen molar-refractivity contribution in [1.82, 2.24) is 4.98 Å². The molecule has 2 rings (SSSR count). The van der Waals surface area contributed by atoms with Crippen molar-refractivity contribution in [3.63, 3.8) is 0 Å². The molecule has 0 bridgehead atoms. The van der Waals surface area contributed by atoms with Crippen LogP contribution in [0.1, 0.15) is 18.1 Å². The molecule has 116 valence electrons. The smallest absolute Gasteiger partial charge is 0.263 e. The van der Waals surface area contributed by atoms with Gasteiger partial charge in [0, 0.05) is 6.20 Å². The molecule has 0 spiro atoms. The molecule has 0 saturated heterocycles. The number of carbonyl (C=O) groups excluding carboxylic acids is 1. The van der Waals surface area contributed by atoms with E-state index >= 15 is 0 Å². The van der Waals surface area contributed by atoms with E-state index in [0.29, 0.717) is 23.9 Å². The highest BCUT2D eigenvalue weighted by Crippen LogP contribution is 2.22. The lowest BCUT2D eigenvalue weighted by molar-refractivity contribution is -0.118. The Morgan fingerprint density at radius 3 is 2.68 bits per heavy atom. The molecule has 1 N–H and O–H groups in total. The average molecular weight is 300 g/mol. The standard InChI is InChI=1S/C17H20N2O3/c1-4-21-15-9-6-10-18-17(15)19-16(20)11-22-14-8-5-7-12(2)13(14)3/h5-10H,4,11H2,1-3H3,(H,18,19,20). The number of hydrogen-bond donors (Lipinski definition) is 1. The summed E-state index contributed by atoms with van der Waals surface area (Å²) in [5, 5.41) is 2.70. The van der Waals surface area contributed by atoms with E-state index in [1.54, 1.807) is 18.3 Å². The van der Waals surface area contributed by atoms with E-state index in [1.165, 1.54) is 0 Å². The Balaban J connectivity index is 1.97. The lowest BCUT2D eigenvalue weighted by Gasteiger charge is -2.12. The fourth-order valence-corrected chi connectivity index (χ4v) is 1.95. The van der Waals surface area contributed by atoms with Crippen LogP contribution in [-0.2, 0) is 4.79 Å². The summed E-state index contributed by atoms with van der Waals surface area (Å²) in [4.78, 5) is 16.1. The molecule has 1 aromatic heterocycles. The van der Waals surface area contributed by atoms with Crippen molar-refractivity contribution in [3.8, 4) is 11.5 Å². The van der Waals surface area contributed by atoms with E-state index in [-0.39, 0.29) is 12.5 Å². The molecule has 0 unspecified atom stereocenters. The Labute approximate surface area is 130 Å². The van der Waals surface area contributed by atoms with Gasteiger partial charge in [-0.15, -0.1) is 0 Å². The Hall–Kier alpha value is -2.56. The predicted octanol–water partition coefficient (Wildman–Crippen LogP) is 3.11. The molecule has 1 aromatic carbocycles. The van der Waals surface area contributed by atoms with Crippen LogP contribution in [0.4, 0.5) is 5.82 Å². The molecule has 1 heterocycles. The van der Waals surface area contributed by atoms with Gasteiger partial charge in [-0.05, 0) is 50.1 Å². The topological polar surface area (TPSA) is 60.5 Å². The molecule has 0 aliphatic rings. The van der Waals surface area contributed by atoms with Crippen LogP contribution in [0.15, 0.2) is 36.5 Å². The van der Waals surface area contributed by atoms with E-state index in [0.717, 1.165) is 11.1 Å². The zero-order chi connectivity index (χ0) is 15.9. The van der Waals surface area contributed by atoms with Crippen LogP contribution in [0, 0.1) is 13.8 Å². The molecule has 0 fully saturated rings. The average Bonchev–Trinajstić information content (AvgIpc) is 2.51. The number of aromatic nitrogens is 1. The van der Waals surface area contributed by atoms with E-state index in [1.807, 2.05) is 39.0 Å². The van der Waals surface area contributed by atoms with Gasteiger partial charge in [0.15, 0.2) is 18.2 Å². The van der Waals surface area contributed by atoms with Crippen LogP contribution in [0.3, 0.4) is 0 Å². The first kappa shape index (κ1) is 15.8. The fourth-order valence-electron chi connectivity index (χ4n) is 1.95. The van der Waals surface area contributed by atoms with Gasteiger partial charge in [0.2, 0.25) is 0 Å². The van der Waals surface area contributed by atoms with Gasteiger partial charge in [-0.1, -0.05) is 12.1 Å². The van der Waals surface area contributed by atoms with Gasteiger partial charge < -0.3 is 14.8 Å². The minimum absolute atomic E-state index is 0.0770.